The number of ether oxygens (including phenoxy) is 4. The Balaban J connectivity index is 1.51. The van der Waals surface area contributed by atoms with E-state index in [-0.39, 0.29) is 11.1 Å². The summed E-state index contributed by atoms with van der Waals surface area (Å²) in [5.41, 5.74) is 3.72. The molecule has 0 fully saturated rings. The summed E-state index contributed by atoms with van der Waals surface area (Å²) in [4.78, 5) is 31.6. The van der Waals surface area contributed by atoms with Gasteiger partial charge in [0.2, 0.25) is 0 Å². The molecule has 0 aliphatic carbocycles. The van der Waals surface area contributed by atoms with E-state index in [0.29, 0.717) is 52.0 Å². The molecule has 8 nitrogen and oxygen atoms in total. The highest BCUT2D eigenvalue weighted by molar-refractivity contribution is 9.10. The van der Waals surface area contributed by atoms with Gasteiger partial charge in [-0.15, -0.1) is 0 Å². The van der Waals surface area contributed by atoms with Crippen LogP contribution in [-0.2, 0) is 16.1 Å². The van der Waals surface area contributed by atoms with Crippen molar-refractivity contribution in [1.29, 1.82) is 0 Å². The Morgan fingerprint density at radius 3 is 2.40 bits per heavy atom. The maximum absolute atomic E-state index is 13.9. The average Bonchev–Trinajstić information content (AvgIpc) is 3.32. The standard InChI is InChI=1S/C33H31BrN2O6S/c1-5-40-27-14-12-23(17-28(27)41-6-2)30-24(32(38)39-4)18-35-33-36(30)31(37)29(43-33)16-22-11-13-26(25(34)15-22)42-19-21-9-7-20(3)8-10-21/h7-18,30H,5-6,19H2,1-4H3/b29-16-/t30-/m0/s1. The second kappa shape index (κ2) is 13.4. The molecule has 1 atom stereocenters. The monoisotopic (exact) mass is 662 g/mol. The normalized spacial score (nSPS) is 14.4. The number of hydrogen-bond donors (Lipinski definition) is 0. The second-order valence-corrected chi connectivity index (χ2v) is 11.6. The Hall–Kier alpha value is -4.15. The first-order chi connectivity index (χ1) is 20.8. The molecule has 0 amide bonds. The van der Waals surface area contributed by atoms with E-state index < -0.39 is 12.0 Å². The molecule has 1 aliphatic rings. The summed E-state index contributed by atoms with van der Waals surface area (Å²) < 4.78 is 25.4. The summed E-state index contributed by atoms with van der Waals surface area (Å²) >= 11 is 4.85. The van der Waals surface area contributed by atoms with Crippen LogP contribution in [0.5, 0.6) is 17.2 Å². The van der Waals surface area contributed by atoms with E-state index in [0.717, 1.165) is 15.6 Å². The van der Waals surface area contributed by atoms with Gasteiger partial charge in [-0.05, 0) is 83.7 Å². The lowest BCUT2D eigenvalue weighted by atomic mass is 9.97. The average molecular weight is 664 g/mol. The zero-order valence-corrected chi connectivity index (χ0v) is 26.7. The van der Waals surface area contributed by atoms with Gasteiger partial charge in [0.25, 0.3) is 5.56 Å². The fraction of sp³-hybridized carbons (Fsp3) is 0.242. The Kier molecular flexibility index (Phi) is 9.47. The first kappa shape index (κ1) is 30.3. The van der Waals surface area contributed by atoms with Gasteiger partial charge in [0, 0.05) is 6.20 Å². The van der Waals surface area contributed by atoms with E-state index in [1.165, 1.54) is 34.8 Å². The summed E-state index contributed by atoms with van der Waals surface area (Å²) in [5.74, 6) is 1.24. The van der Waals surface area contributed by atoms with Crippen molar-refractivity contribution in [3.8, 4) is 17.2 Å². The van der Waals surface area contributed by atoms with Gasteiger partial charge in [0.15, 0.2) is 16.3 Å². The Morgan fingerprint density at radius 1 is 0.977 bits per heavy atom. The summed E-state index contributed by atoms with van der Waals surface area (Å²) in [6.07, 6.45) is 3.28. The molecular weight excluding hydrogens is 632 g/mol. The second-order valence-electron chi connectivity index (χ2n) is 9.71. The summed E-state index contributed by atoms with van der Waals surface area (Å²) in [6.45, 7) is 7.16. The molecule has 10 heteroatoms. The Bertz CT molecular complexity index is 1860. The fourth-order valence-corrected chi connectivity index (χ4v) is 6.19. The topological polar surface area (TPSA) is 88.4 Å². The molecule has 0 N–H and O–H groups in total. The highest BCUT2D eigenvalue weighted by Crippen LogP contribution is 2.35. The number of esters is 1. The van der Waals surface area contributed by atoms with Gasteiger partial charge in [-0.25, -0.2) is 9.79 Å². The lowest BCUT2D eigenvalue weighted by Gasteiger charge is -2.23. The molecule has 0 unspecified atom stereocenters. The molecule has 0 radical (unpaired) electrons. The minimum Gasteiger partial charge on any atom is -0.490 e. The number of carbonyl (C=O) groups excluding carboxylic acids is 1. The maximum Gasteiger partial charge on any atom is 0.337 e. The molecule has 1 aromatic heterocycles. The number of carbonyl (C=O) groups is 1. The van der Waals surface area contributed by atoms with Crippen molar-refractivity contribution in [2.75, 3.05) is 20.3 Å². The molecule has 4 aromatic rings. The van der Waals surface area contributed by atoms with Gasteiger partial charge in [-0.1, -0.05) is 53.3 Å². The Morgan fingerprint density at radius 2 is 1.70 bits per heavy atom. The number of hydrogen-bond acceptors (Lipinski definition) is 8. The van der Waals surface area contributed by atoms with Crippen LogP contribution in [0.15, 0.2) is 86.7 Å². The number of thiazole rings is 1. The van der Waals surface area contributed by atoms with Gasteiger partial charge < -0.3 is 18.9 Å². The van der Waals surface area contributed by atoms with Crippen molar-refractivity contribution >= 4 is 39.3 Å². The quantitative estimate of drug-likeness (QED) is 0.210. The molecule has 0 saturated carbocycles. The van der Waals surface area contributed by atoms with Crippen molar-refractivity contribution in [1.82, 2.24) is 4.57 Å². The molecule has 1 aliphatic heterocycles. The van der Waals surface area contributed by atoms with Crippen molar-refractivity contribution in [3.63, 3.8) is 0 Å². The van der Waals surface area contributed by atoms with Crippen LogP contribution in [0.3, 0.4) is 0 Å². The summed E-state index contributed by atoms with van der Waals surface area (Å²) in [5, 5.41) is 0. The van der Waals surface area contributed by atoms with Crippen LogP contribution in [0.4, 0.5) is 0 Å². The third-order valence-corrected chi connectivity index (χ3v) is 8.39. The number of halogens is 1. The zero-order valence-electron chi connectivity index (χ0n) is 24.3. The molecule has 5 rings (SSSR count). The van der Waals surface area contributed by atoms with Crippen molar-refractivity contribution in [2.24, 2.45) is 4.99 Å². The molecule has 2 heterocycles. The van der Waals surface area contributed by atoms with Gasteiger partial charge >= 0.3 is 5.97 Å². The Labute approximate surface area is 261 Å². The lowest BCUT2D eigenvalue weighted by Crippen LogP contribution is -2.39. The molecule has 3 aromatic carbocycles. The fourth-order valence-electron chi connectivity index (χ4n) is 4.71. The first-order valence-corrected chi connectivity index (χ1v) is 15.4. The van der Waals surface area contributed by atoms with Crippen LogP contribution >= 0.6 is 27.3 Å². The summed E-state index contributed by atoms with van der Waals surface area (Å²) in [7, 11) is 1.31. The highest BCUT2D eigenvalue weighted by atomic mass is 79.9. The third kappa shape index (κ3) is 6.60. The smallest absolute Gasteiger partial charge is 0.337 e. The van der Waals surface area contributed by atoms with Crippen molar-refractivity contribution in [3.05, 3.63) is 119 Å². The van der Waals surface area contributed by atoms with Crippen molar-refractivity contribution in [2.45, 2.75) is 33.4 Å². The van der Waals surface area contributed by atoms with Crippen molar-refractivity contribution < 1.29 is 23.7 Å². The van der Waals surface area contributed by atoms with E-state index in [1.807, 2.05) is 57.2 Å². The van der Waals surface area contributed by atoms with E-state index in [1.54, 1.807) is 18.2 Å². The predicted molar refractivity (Wildman–Crippen MR) is 170 cm³/mol. The van der Waals surface area contributed by atoms with Crippen LogP contribution in [0, 0.1) is 6.92 Å². The van der Waals surface area contributed by atoms with E-state index >= 15 is 0 Å². The number of aryl methyl sites for hydroxylation is 1. The maximum atomic E-state index is 13.9. The van der Waals surface area contributed by atoms with Crippen LogP contribution in [0.1, 0.15) is 42.1 Å². The SMILES string of the molecule is CCOc1ccc([C@H]2C(C(=O)OC)=CN=c3s/c(=C\c4ccc(OCc5ccc(C)cc5)c(Br)c4)c(=O)n32)cc1OCC. The third-order valence-electron chi connectivity index (χ3n) is 6.78. The molecule has 0 saturated heterocycles. The molecule has 0 bridgehead atoms. The number of nitrogens with zero attached hydrogens (tertiary/aromatic N) is 2. The predicted octanol–water partition coefficient (Wildman–Crippen LogP) is 5.47. The molecular formula is C33H31BrN2O6S. The summed E-state index contributed by atoms with van der Waals surface area (Å²) in [6, 6.07) is 18.5. The van der Waals surface area contributed by atoms with Crippen LogP contribution in [0.2, 0.25) is 0 Å². The van der Waals surface area contributed by atoms with Gasteiger partial charge in [0.1, 0.15) is 12.4 Å². The van der Waals surface area contributed by atoms with Gasteiger partial charge in [0.05, 0.1) is 40.9 Å². The number of methoxy groups -OCH3 is 1. The first-order valence-electron chi connectivity index (χ1n) is 13.8. The molecule has 43 heavy (non-hydrogen) atoms. The zero-order chi connectivity index (χ0) is 30.5. The van der Waals surface area contributed by atoms with Crippen LogP contribution in [0.25, 0.3) is 6.08 Å². The number of rotatable bonds is 10. The van der Waals surface area contributed by atoms with Gasteiger partial charge in [-0.3, -0.25) is 9.36 Å². The van der Waals surface area contributed by atoms with Crippen LogP contribution in [-0.4, -0.2) is 30.9 Å². The minimum atomic E-state index is -0.759. The van der Waals surface area contributed by atoms with E-state index in [9.17, 15) is 9.59 Å². The minimum absolute atomic E-state index is 0.242. The molecule has 0 spiro atoms. The largest absolute Gasteiger partial charge is 0.490 e. The number of aromatic nitrogens is 1. The number of fused-ring (bicyclic) bond motifs is 1. The van der Waals surface area contributed by atoms with Crippen LogP contribution < -0.4 is 29.1 Å². The van der Waals surface area contributed by atoms with E-state index in [4.69, 9.17) is 18.9 Å². The number of benzene rings is 3. The van der Waals surface area contributed by atoms with Gasteiger partial charge in [-0.2, -0.15) is 0 Å². The molecule has 222 valence electrons. The lowest BCUT2D eigenvalue weighted by molar-refractivity contribution is -0.136. The van der Waals surface area contributed by atoms with E-state index in [2.05, 4.69) is 33.1 Å². The highest BCUT2D eigenvalue weighted by Gasteiger charge is 2.31.